The highest BCUT2D eigenvalue weighted by molar-refractivity contribution is 5.34. The van der Waals surface area contributed by atoms with Crippen molar-refractivity contribution in [3.05, 3.63) is 72.7 Å². The van der Waals surface area contributed by atoms with Crippen molar-refractivity contribution in [1.29, 1.82) is 0 Å². The van der Waals surface area contributed by atoms with Crippen molar-refractivity contribution in [2.45, 2.75) is 66.3 Å². The number of nitrogens with zero attached hydrogens (tertiary/aromatic N) is 1. The summed E-state index contributed by atoms with van der Waals surface area (Å²) in [5, 5.41) is 3.65. The molecule has 0 aromatic carbocycles. The Morgan fingerprint density at radius 3 is 2.11 bits per heavy atom. The largest absolute Gasteiger partial charge is 0.382 e. The SMILES string of the molecule is C=C(C)CCC(NC(=C)C1C=CC(N(CCC)CCC)=CC1C(=C)C)C(=C)C. The van der Waals surface area contributed by atoms with Gasteiger partial charge in [0, 0.05) is 42.4 Å². The van der Waals surface area contributed by atoms with Gasteiger partial charge in [0.1, 0.15) is 0 Å². The van der Waals surface area contributed by atoms with E-state index >= 15 is 0 Å². The minimum atomic E-state index is 0.220. The van der Waals surface area contributed by atoms with Crippen LogP contribution in [0.4, 0.5) is 0 Å². The molecule has 2 nitrogen and oxygen atoms in total. The average Bonchev–Trinajstić information content (AvgIpc) is 2.63. The molecule has 0 aliphatic heterocycles. The van der Waals surface area contributed by atoms with Crippen LogP contribution in [-0.4, -0.2) is 24.0 Å². The molecule has 0 amide bonds. The van der Waals surface area contributed by atoms with Crippen LogP contribution >= 0.6 is 0 Å². The predicted molar refractivity (Wildman–Crippen MR) is 126 cm³/mol. The number of hydrogen-bond acceptors (Lipinski definition) is 2. The van der Waals surface area contributed by atoms with Crippen LogP contribution in [0.15, 0.2) is 72.7 Å². The molecule has 0 fully saturated rings. The highest BCUT2D eigenvalue weighted by Gasteiger charge is 2.26. The highest BCUT2D eigenvalue weighted by atomic mass is 15.1. The predicted octanol–water partition coefficient (Wildman–Crippen LogP) is 6.77. The van der Waals surface area contributed by atoms with Gasteiger partial charge in [0.2, 0.25) is 0 Å². The van der Waals surface area contributed by atoms with Gasteiger partial charge < -0.3 is 10.2 Å². The Morgan fingerprint density at radius 2 is 1.64 bits per heavy atom. The molecule has 0 radical (unpaired) electrons. The summed E-state index contributed by atoms with van der Waals surface area (Å²) in [7, 11) is 0. The fourth-order valence-corrected chi connectivity index (χ4v) is 3.72. The maximum Gasteiger partial charge on any atom is 0.0468 e. The van der Waals surface area contributed by atoms with Crippen LogP contribution in [0.1, 0.15) is 60.3 Å². The summed E-state index contributed by atoms with van der Waals surface area (Å²) in [4.78, 5) is 2.49. The van der Waals surface area contributed by atoms with E-state index in [1.165, 1.54) is 16.8 Å². The van der Waals surface area contributed by atoms with Crippen molar-refractivity contribution in [3.63, 3.8) is 0 Å². The Labute approximate surface area is 174 Å². The minimum Gasteiger partial charge on any atom is -0.382 e. The lowest BCUT2D eigenvalue weighted by atomic mass is 9.80. The lowest BCUT2D eigenvalue weighted by molar-refractivity contribution is 0.346. The second-order valence-corrected chi connectivity index (χ2v) is 8.40. The lowest BCUT2D eigenvalue weighted by Gasteiger charge is -2.34. The normalized spacial score (nSPS) is 19.5. The van der Waals surface area contributed by atoms with Crippen LogP contribution in [0.3, 0.4) is 0 Å². The third-order valence-electron chi connectivity index (χ3n) is 5.35. The van der Waals surface area contributed by atoms with Gasteiger partial charge in [0.25, 0.3) is 0 Å². The maximum atomic E-state index is 4.39. The highest BCUT2D eigenvalue weighted by Crippen LogP contribution is 2.33. The van der Waals surface area contributed by atoms with Crippen molar-refractivity contribution >= 4 is 0 Å². The topological polar surface area (TPSA) is 15.3 Å². The summed E-state index contributed by atoms with van der Waals surface area (Å²) in [5.41, 5.74) is 5.89. The van der Waals surface area contributed by atoms with Gasteiger partial charge in [-0.2, -0.15) is 0 Å². The molecule has 1 rings (SSSR count). The fraction of sp³-hybridized carbons (Fsp3) is 0.538. The second-order valence-electron chi connectivity index (χ2n) is 8.40. The van der Waals surface area contributed by atoms with E-state index in [0.29, 0.717) is 0 Å². The van der Waals surface area contributed by atoms with E-state index in [-0.39, 0.29) is 17.9 Å². The molecule has 0 heterocycles. The van der Waals surface area contributed by atoms with Crippen LogP contribution in [0, 0.1) is 11.8 Å². The third-order valence-corrected chi connectivity index (χ3v) is 5.35. The maximum absolute atomic E-state index is 4.39. The number of rotatable bonds is 13. The molecule has 0 saturated heterocycles. The van der Waals surface area contributed by atoms with Crippen molar-refractivity contribution < 1.29 is 0 Å². The molecule has 0 saturated carbocycles. The summed E-state index contributed by atoms with van der Waals surface area (Å²) in [6.07, 6.45) is 11.3. The lowest BCUT2D eigenvalue weighted by Crippen LogP contribution is -2.35. The third kappa shape index (κ3) is 7.22. The quantitative estimate of drug-likeness (QED) is 0.353. The molecule has 1 N–H and O–H groups in total. The smallest absolute Gasteiger partial charge is 0.0468 e. The molecule has 0 aromatic rings. The van der Waals surface area contributed by atoms with Gasteiger partial charge in [-0.25, -0.2) is 0 Å². The van der Waals surface area contributed by atoms with E-state index in [1.807, 2.05) is 0 Å². The number of hydrogen-bond donors (Lipinski definition) is 1. The average molecular weight is 383 g/mol. The van der Waals surface area contributed by atoms with Gasteiger partial charge in [-0.3, -0.25) is 0 Å². The molecule has 0 aromatic heterocycles. The summed E-state index contributed by atoms with van der Waals surface area (Å²) in [6.45, 7) is 29.8. The first-order chi connectivity index (χ1) is 13.2. The molecule has 156 valence electrons. The van der Waals surface area contributed by atoms with E-state index in [9.17, 15) is 0 Å². The van der Waals surface area contributed by atoms with Crippen molar-refractivity contribution in [3.8, 4) is 0 Å². The monoisotopic (exact) mass is 382 g/mol. The summed E-state index contributed by atoms with van der Waals surface area (Å²) < 4.78 is 0. The first-order valence-corrected chi connectivity index (χ1v) is 10.8. The van der Waals surface area contributed by atoms with Gasteiger partial charge in [-0.05, 0) is 52.5 Å². The van der Waals surface area contributed by atoms with Crippen LogP contribution < -0.4 is 5.32 Å². The zero-order valence-corrected chi connectivity index (χ0v) is 19.0. The molecule has 3 unspecified atom stereocenters. The van der Waals surface area contributed by atoms with Crippen molar-refractivity contribution in [2.75, 3.05) is 13.1 Å². The Hall–Kier alpha value is -1.96. The second kappa shape index (κ2) is 11.8. The summed E-state index contributed by atoms with van der Waals surface area (Å²) in [6, 6.07) is 0.227. The molecule has 0 spiro atoms. The van der Waals surface area contributed by atoms with E-state index in [0.717, 1.165) is 50.0 Å². The Balaban J connectivity index is 2.96. The summed E-state index contributed by atoms with van der Waals surface area (Å²) in [5.74, 6) is 0.487. The zero-order chi connectivity index (χ0) is 21.3. The molecular weight excluding hydrogens is 340 g/mol. The van der Waals surface area contributed by atoms with E-state index < -0.39 is 0 Å². The van der Waals surface area contributed by atoms with Crippen molar-refractivity contribution in [1.82, 2.24) is 10.2 Å². The molecule has 3 atom stereocenters. The number of nitrogens with one attached hydrogen (secondary N) is 1. The molecule has 1 aliphatic rings. The minimum absolute atomic E-state index is 0.220. The molecule has 0 bridgehead atoms. The first kappa shape index (κ1) is 24.1. The van der Waals surface area contributed by atoms with Crippen LogP contribution in [0.5, 0.6) is 0 Å². The molecular formula is C26H42N2. The fourth-order valence-electron chi connectivity index (χ4n) is 3.72. The van der Waals surface area contributed by atoms with Gasteiger partial charge in [0.15, 0.2) is 0 Å². The Morgan fingerprint density at radius 1 is 1.04 bits per heavy atom. The number of allylic oxidation sites excluding steroid dienone is 5. The van der Waals surface area contributed by atoms with Gasteiger partial charge in [0.05, 0.1) is 0 Å². The first-order valence-electron chi connectivity index (χ1n) is 10.8. The van der Waals surface area contributed by atoms with Gasteiger partial charge in [-0.15, -0.1) is 6.58 Å². The van der Waals surface area contributed by atoms with Crippen LogP contribution in [0.2, 0.25) is 0 Å². The summed E-state index contributed by atoms with van der Waals surface area (Å²) >= 11 is 0. The van der Waals surface area contributed by atoms with Crippen LogP contribution in [0.25, 0.3) is 0 Å². The standard InChI is InChI=1S/C26H42N2/c1-10-16-28(17-11-2)23-13-14-24(25(18-23)20(5)6)22(9)27-26(21(7)8)15-12-19(3)4/h13-14,18,24-27H,3,5,7,9-12,15-17H2,1-2,4,6,8H3. The van der Waals surface area contributed by atoms with Crippen LogP contribution in [-0.2, 0) is 0 Å². The molecule has 1 aliphatic carbocycles. The van der Waals surface area contributed by atoms with E-state index in [1.54, 1.807) is 0 Å². The van der Waals surface area contributed by atoms with Crippen molar-refractivity contribution in [2.24, 2.45) is 11.8 Å². The Kier molecular flexibility index (Phi) is 10.1. The Bertz CT molecular complexity index is 629. The van der Waals surface area contributed by atoms with Gasteiger partial charge >= 0.3 is 0 Å². The van der Waals surface area contributed by atoms with Gasteiger partial charge in [-0.1, -0.05) is 62.5 Å². The molecule has 28 heavy (non-hydrogen) atoms. The zero-order valence-electron chi connectivity index (χ0n) is 19.0. The van der Waals surface area contributed by atoms with E-state index in [2.05, 4.69) is 89.4 Å². The molecule has 2 heteroatoms. The van der Waals surface area contributed by atoms with E-state index in [4.69, 9.17) is 0 Å².